The summed E-state index contributed by atoms with van der Waals surface area (Å²) in [6.45, 7) is 19.2. The Morgan fingerprint density at radius 1 is 0.853 bits per heavy atom. The van der Waals surface area contributed by atoms with Crippen LogP contribution in [0.5, 0.6) is 0 Å². The second-order valence-electron chi connectivity index (χ2n) is 14.8. The van der Waals surface area contributed by atoms with Gasteiger partial charge in [0.1, 0.15) is 0 Å². The number of amides is 1. The summed E-state index contributed by atoms with van der Waals surface area (Å²) in [7, 11) is 1.84. The first-order valence-electron chi connectivity index (χ1n) is 14.4. The van der Waals surface area contributed by atoms with E-state index in [9.17, 15) is 9.90 Å². The van der Waals surface area contributed by atoms with Crippen molar-refractivity contribution in [1.29, 1.82) is 0 Å². The maximum Gasteiger partial charge on any atom is 0.226 e. The number of rotatable bonds is 2. The third-order valence-electron chi connectivity index (χ3n) is 13.7. The molecule has 0 heterocycles. The predicted octanol–water partition coefficient (Wildman–Crippen LogP) is 6.75. The van der Waals surface area contributed by atoms with Crippen LogP contribution in [-0.2, 0) is 4.79 Å². The zero-order valence-electron chi connectivity index (χ0n) is 23.1. The van der Waals surface area contributed by atoms with Crippen LogP contribution in [0, 0.1) is 56.7 Å². The van der Waals surface area contributed by atoms with E-state index in [-0.39, 0.29) is 22.3 Å². The fourth-order valence-corrected chi connectivity index (χ4v) is 11.8. The van der Waals surface area contributed by atoms with E-state index < -0.39 is 0 Å². The summed E-state index contributed by atoms with van der Waals surface area (Å²) in [4.78, 5) is 13.5. The van der Waals surface area contributed by atoms with Crippen LogP contribution in [0.3, 0.4) is 0 Å². The van der Waals surface area contributed by atoms with E-state index in [1.165, 1.54) is 44.1 Å². The maximum absolute atomic E-state index is 13.5. The lowest BCUT2D eigenvalue weighted by molar-refractivity contribution is -0.246. The Labute approximate surface area is 208 Å². The highest BCUT2D eigenvalue weighted by Crippen LogP contribution is 2.77. The summed E-state index contributed by atoms with van der Waals surface area (Å²) in [5, 5.41) is 14.0. The quantitative estimate of drug-likeness (QED) is 0.439. The molecule has 0 aromatic rings. The van der Waals surface area contributed by atoms with Crippen molar-refractivity contribution in [2.45, 2.75) is 112 Å². The summed E-state index contributed by atoms with van der Waals surface area (Å²) in [5.41, 5.74) is 1.99. The van der Waals surface area contributed by atoms with Crippen LogP contribution in [0.25, 0.3) is 0 Å². The van der Waals surface area contributed by atoms with Crippen molar-refractivity contribution in [3.8, 4) is 0 Å². The summed E-state index contributed by atoms with van der Waals surface area (Å²) < 4.78 is 0. The largest absolute Gasteiger partial charge is 0.393 e. The highest BCUT2D eigenvalue weighted by Gasteiger charge is 2.71. The summed E-state index contributed by atoms with van der Waals surface area (Å²) in [5.74, 6) is 3.14. The average Bonchev–Trinajstić information content (AvgIpc) is 3.18. The number of carbonyl (C=O) groups is 1. The van der Waals surface area contributed by atoms with E-state index in [1.807, 2.05) is 7.05 Å². The highest BCUT2D eigenvalue weighted by molar-refractivity contribution is 5.83. The Kier molecular flexibility index (Phi) is 5.55. The minimum Gasteiger partial charge on any atom is -0.393 e. The van der Waals surface area contributed by atoms with E-state index in [4.69, 9.17) is 0 Å². The van der Waals surface area contributed by atoms with Gasteiger partial charge in [-0.05, 0) is 122 Å². The van der Waals surface area contributed by atoms with Crippen molar-refractivity contribution >= 4 is 5.91 Å². The Balaban J connectivity index is 1.56. The zero-order valence-corrected chi connectivity index (χ0v) is 23.1. The number of nitrogens with one attached hydrogen (secondary N) is 1. The van der Waals surface area contributed by atoms with E-state index in [0.717, 1.165) is 25.7 Å². The van der Waals surface area contributed by atoms with Gasteiger partial charge in [-0.3, -0.25) is 4.79 Å². The normalized spacial score (nSPS) is 53.6. The van der Waals surface area contributed by atoms with Gasteiger partial charge < -0.3 is 10.4 Å². The molecule has 5 aliphatic carbocycles. The van der Waals surface area contributed by atoms with Gasteiger partial charge in [0.05, 0.1) is 11.5 Å². The molecule has 2 N–H and O–H groups in total. The molecule has 3 heteroatoms. The third kappa shape index (κ3) is 2.83. The Bertz CT molecular complexity index is 879. The number of aliphatic hydroxyl groups is 1. The van der Waals surface area contributed by atoms with Crippen LogP contribution in [0.1, 0.15) is 106 Å². The second kappa shape index (κ2) is 7.59. The number of allylic oxidation sites excluding steroid dienone is 1. The van der Waals surface area contributed by atoms with Crippen molar-refractivity contribution in [1.82, 2.24) is 5.32 Å². The lowest BCUT2D eigenvalue weighted by atomic mass is 9.32. The number of carbonyl (C=O) groups excluding carboxylic acids is 1. The molecule has 0 aromatic carbocycles. The van der Waals surface area contributed by atoms with Crippen LogP contribution in [-0.4, -0.2) is 24.2 Å². The fourth-order valence-electron chi connectivity index (χ4n) is 11.8. The van der Waals surface area contributed by atoms with Gasteiger partial charge in [-0.25, -0.2) is 0 Å². The minimum atomic E-state index is -0.191. The van der Waals surface area contributed by atoms with Crippen LogP contribution in [0.15, 0.2) is 12.2 Å². The minimum absolute atomic E-state index is 0.00349. The van der Waals surface area contributed by atoms with Crippen LogP contribution in [0.4, 0.5) is 0 Å². The molecule has 192 valence electrons. The standard InChI is InChI=1S/C31H51NO2/c1-19(2)20-11-16-31(26(34)32-8)18-17-29(6)21(25(20)31)9-10-23-28(5)14-13-24(33)27(3,4)22(28)12-15-30(23,29)7/h20-25,33H,1,9-18H2,2-8H3,(H,32,34). The lowest BCUT2D eigenvalue weighted by Crippen LogP contribution is -2.67. The van der Waals surface area contributed by atoms with Gasteiger partial charge in [-0.15, -0.1) is 0 Å². The van der Waals surface area contributed by atoms with Crippen LogP contribution in [0.2, 0.25) is 0 Å². The van der Waals surface area contributed by atoms with Crippen LogP contribution >= 0.6 is 0 Å². The smallest absolute Gasteiger partial charge is 0.226 e. The Morgan fingerprint density at radius 3 is 2.21 bits per heavy atom. The number of fused-ring (bicyclic) bond motifs is 7. The molecule has 5 saturated carbocycles. The molecule has 5 fully saturated rings. The van der Waals surface area contributed by atoms with E-state index in [1.54, 1.807) is 0 Å². The summed E-state index contributed by atoms with van der Waals surface area (Å²) >= 11 is 0. The van der Waals surface area contributed by atoms with E-state index in [2.05, 4.69) is 53.4 Å². The van der Waals surface area contributed by atoms with Crippen molar-refractivity contribution in [2.24, 2.45) is 56.7 Å². The van der Waals surface area contributed by atoms with Crippen molar-refractivity contribution in [2.75, 3.05) is 7.05 Å². The number of aliphatic hydroxyl groups excluding tert-OH is 1. The molecule has 1 amide bonds. The van der Waals surface area contributed by atoms with Crippen molar-refractivity contribution < 1.29 is 9.90 Å². The average molecular weight is 470 g/mol. The Hall–Kier alpha value is -0.830. The first-order chi connectivity index (χ1) is 15.8. The molecule has 0 aliphatic heterocycles. The summed E-state index contributed by atoms with van der Waals surface area (Å²) in [6, 6.07) is 0. The van der Waals surface area contributed by atoms with Crippen LogP contribution < -0.4 is 5.32 Å². The molecule has 0 saturated heterocycles. The van der Waals surface area contributed by atoms with E-state index >= 15 is 0 Å². The molecule has 5 rings (SSSR count). The molecule has 0 radical (unpaired) electrons. The first-order valence-corrected chi connectivity index (χ1v) is 14.4. The lowest BCUT2D eigenvalue weighted by Gasteiger charge is -2.72. The van der Waals surface area contributed by atoms with Gasteiger partial charge in [-0.2, -0.15) is 0 Å². The van der Waals surface area contributed by atoms with Gasteiger partial charge in [-0.1, -0.05) is 46.8 Å². The van der Waals surface area contributed by atoms with Crippen molar-refractivity contribution in [3.63, 3.8) is 0 Å². The van der Waals surface area contributed by atoms with Crippen molar-refractivity contribution in [3.05, 3.63) is 12.2 Å². The second-order valence-corrected chi connectivity index (χ2v) is 14.8. The molecule has 0 aromatic heterocycles. The van der Waals surface area contributed by atoms with E-state index in [0.29, 0.717) is 46.3 Å². The monoisotopic (exact) mass is 469 g/mol. The van der Waals surface area contributed by atoms with Gasteiger partial charge >= 0.3 is 0 Å². The maximum atomic E-state index is 13.5. The summed E-state index contributed by atoms with van der Waals surface area (Å²) in [6.07, 6.45) is 11.4. The molecule has 5 aliphatic rings. The Morgan fingerprint density at radius 2 is 1.56 bits per heavy atom. The SMILES string of the molecule is C=C(C)C1CCC2(C(=O)NC)CCC3(C)C(CCC4C5(C)CCC(O)C(C)(C)C5CCC43C)C12. The molecular weight excluding hydrogens is 418 g/mol. The number of hydrogen-bond donors (Lipinski definition) is 2. The fraction of sp³-hybridized carbons (Fsp3) is 0.903. The topological polar surface area (TPSA) is 49.3 Å². The van der Waals surface area contributed by atoms with Gasteiger partial charge in [0.15, 0.2) is 0 Å². The number of hydrogen-bond acceptors (Lipinski definition) is 2. The molecule has 3 nitrogen and oxygen atoms in total. The molecule has 34 heavy (non-hydrogen) atoms. The zero-order chi connectivity index (χ0) is 24.9. The van der Waals surface area contributed by atoms with Gasteiger partial charge in [0.25, 0.3) is 0 Å². The molecule has 0 bridgehead atoms. The third-order valence-corrected chi connectivity index (χ3v) is 13.7. The molecular formula is C31H51NO2. The molecule has 10 atom stereocenters. The van der Waals surface area contributed by atoms with Gasteiger partial charge in [0.2, 0.25) is 5.91 Å². The first kappa shape index (κ1) is 24.8. The predicted molar refractivity (Wildman–Crippen MR) is 139 cm³/mol. The van der Waals surface area contributed by atoms with Gasteiger partial charge in [0, 0.05) is 7.05 Å². The molecule has 10 unspecified atom stereocenters. The molecule has 0 spiro atoms. The highest BCUT2D eigenvalue weighted by atomic mass is 16.3.